The maximum absolute atomic E-state index is 14.3. The van der Waals surface area contributed by atoms with Gasteiger partial charge in [-0.15, -0.1) is 0 Å². The zero-order valence-electron chi connectivity index (χ0n) is 16.3. The fraction of sp³-hybridized carbons (Fsp3) is 0.273. The molecule has 0 atom stereocenters. The van der Waals surface area contributed by atoms with Gasteiger partial charge in [0.1, 0.15) is 22.9 Å². The summed E-state index contributed by atoms with van der Waals surface area (Å²) in [6, 6.07) is 8.86. The van der Waals surface area contributed by atoms with Crippen molar-refractivity contribution in [2.24, 2.45) is 5.92 Å². The summed E-state index contributed by atoms with van der Waals surface area (Å²) in [5, 5.41) is 3.16. The average Bonchev–Trinajstić information content (AvgIpc) is 2.66. The van der Waals surface area contributed by atoms with Crippen LogP contribution in [0.2, 0.25) is 5.02 Å². The van der Waals surface area contributed by atoms with E-state index < -0.39 is 11.2 Å². The molecule has 7 heteroatoms. The van der Waals surface area contributed by atoms with E-state index in [4.69, 9.17) is 20.8 Å². The van der Waals surface area contributed by atoms with Gasteiger partial charge in [0.25, 0.3) is 5.91 Å². The van der Waals surface area contributed by atoms with Crippen molar-refractivity contribution in [2.45, 2.75) is 20.8 Å². The van der Waals surface area contributed by atoms with E-state index in [2.05, 4.69) is 5.32 Å². The smallest absolute Gasteiger partial charge is 0.257 e. The van der Waals surface area contributed by atoms with E-state index in [0.29, 0.717) is 18.2 Å². The van der Waals surface area contributed by atoms with Crippen LogP contribution in [0.15, 0.2) is 45.6 Å². The Balaban J connectivity index is 1.92. The van der Waals surface area contributed by atoms with Gasteiger partial charge < -0.3 is 14.5 Å². The van der Waals surface area contributed by atoms with Gasteiger partial charge in [0.2, 0.25) is 5.43 Å². The second-order valence-corrected chi connectivity index (χ2v) is 7.51. The van der Waals surface area contributed by atoms with Crippen LogP contribution in [-0.4, -0.2) is 19.1 Å². The number of nitrogens with one attached hydrogen (secondary N) is 1. The van der Waals surface area contributed by atoms with Crippen molar-refractivity contribution in [3.05, 3.63) is 63.2 Å². The van der Waals surface area contributed by atoms with Crippen molar-refractivity contribution in [3.8, 4) is 16.9 Å². The van der Waals surface area contributed by atoms with Gasteiger partial charge in [0.15, 0.2) is 6.61 Å². The van der Waals surface area contributed by atoms with Crippen LogP contribution in [0.25, 0.3) is 22.1 Å². The Morgan fingerprint density at radius 1 is 1.24 bits per heavy atom. The van der Waals surface area contributed by atoms with Crippen LogP contribution in [0.5, 0.6) is 5.75 Å². The second-order valence-electron chi connectivity index (χ2n) is 7.10. The van der Waals surface area contributed by atoms with E-state index >= 15 is 0 Å². The molecule has 152 valence electrons. The molecule has 1 amide bonds. The number of hydrogen-bond donors (Lipinski definition) is 1. The van der Waals surface area contributed by atoms with Crippen LogP contribution in [-0.2, 0) is 4.79 Å². The standard InChI is InChI=1S/C22H21ClFNO4/c1-12(2)10-25-19(26)11-28-14-7-8-15-18(9-14)29-13(3)20(22(15)27)21-16(23)5-4-6-17(21)24/h4-9,12H,10-11H2,1-3H3,(H,25,26). The number of rotatable bonds is 6. The van der Waals surface area contributed by atoms with Crippen molar-refractivity contribution in [2.75, 3.05) is 13.2 Å². The maximum atomic E-state index is 14.3. The van der Waals surface area contributed by atoms with Crippen LogP contribution < -0.4 is 15.5 Å². The molecule has 0 aliphatic carbocycles. The van der Waals surface area contributed by atoms with Crippen molar-refractivity contribution in [3.63, 3.8) is 0 Å². The third-order valence-electron chi connectivity index (χ3n) is 4.33. The summed E-state index contributed by atoms with van der Waals surface area (Å²) >= 11 is 6.12. The van der Waals surface area contributed by atoms with Gasteiger partial charge >= 0.3 is 0 Å². The highest BCUT2D eigenvalue weighted by Crippen LogP contribution is 2.32. The van der Waals surface area contributed by atoms with Crippen LogP contribution in [0.1, 0.15) is 19.6 Å². The molecule has 1 N–H and O–H groups in total. The zero-order chi connectivity index (χ0) is 21.1. The Bertz CT molecular complexity index is 1100. The Labute approximate surface area is 172 Å². The van der Waals surface area contributed by atoms with Crippen LogP contribution >= 0.6 is 11.6 Å². The number of halogens is 2. The van der Waals surface area contributed by atoms with Gasteiger partial charge in [0, 0.05) is 18.2 Å². The van der Waals surface area contributed by atoms with Crippen molar-refractivity contribution >= 4 is 28.5 Å². The molecule has 3 aromatic rings. The van der Waals surface area contributed by atoms with E-state index in [1.165, 1.54) is 30.3 Å². The molecular formula is C22H21ClFNO4. The topological polar surface area (TPSA) is 68.5 Å². The first-order valence-electron chi connectivity index (χ1n) is 9.19. The minimum absolute atomic E-state index is 0.0180. The number of carbonyl (C=O) groups is 1. The predicted octanol–water partition coefficient (Wildman–Crippen LogP) is 4.71. The van der Waals surface area contributed by atoms with E-state index in [9.17, 15) is 14.0 Å². The number of ether oxygens (including phenoxy) is 1. The van der Waals surface area contributed by atoms with Crippen LogP contribution in [0.3, 0.4) is 0 Å². The lowest BCUT2D eigenvalue weighted by molar-refractivity contribution is -0.123. The molecule has 0 unspecified atom stereocenters. The first kappa shape index (κ1) is 20.9. The number of fused-ring (bicyclic) bond motifs is 1. The summed E-state index contributed by atoms with van der Waals surface area (Å²) in [6.45, 7) is 5.99. The molecule has 0 saturated carbocycles. The summed E-state index contributed by atoms with van der Waals surface area (Å²) < 4.78 is 25.6. The Hall–Kier alpha value is -2.86. The van der Waals surface area contributed by atoms with Gasteiger partial charge in [-0.2, -0.15) is 0 Å². The van der Waals surface area contributed by atoms with Crippen molar-refractivity contribution < 1.29 is 18.3 Å². The minimum atomic E-state index is -0.598. The summed E-state index contributed by atoms with van der Waals surface area (Å²) in [4.78, 5) is 24.8. The Morgan fingerprint density at radius 3 is 2.69 bits per heavy atom. The van der Waals surface area contributed by atoms with E-state index in [1.54, 1.807) is 13.0 Å². The van der Waals surface area contributed by atoms with Crippen LogP contribution in [0, 0.1) is 18.7 Å². The van der Waals surface area contributed by atoms with E-state index in [0.717, 1.165) is 0 Å². The Morgan fingerprint density at radius 2 is 2.00 bits per heavy atom. The minimum Gasteiger partial charge on any atom is -0.484 e. The summed E-state index contributed by atoms with van der Waals surface area (Å²) in [5.41, 5.74) is -0.00687. The van der Waals surface area contributed by atoms with E-state index in [1.807, 2.05) is 13.8 Å². The molecule has 0 radical (unpaired) electrons. The van der Waals surface area contributed by atoms with Gasteiger partial charge in [0.05, 0.1) is 16.0 Å². The third kappa shape index (κ3) is 4.59. The lowest BCUT2D eigenvalue weighted by Gasteiger charge is -2.11. The number of benzene rings is 2. The molecule has 1 aromatic heterocycles. The molecular weight excluding hydrogens is 397 g/mol. The quantitative estimate of drug-likeness (QED) is 0.630. The molecule has 3 rings (SSSR count). The first-order chi connectivity index (χ1) is 13.8. The predicted molar refractivity (Wildman–Crippen MR) is 111 cm³/mol. The molecule has 0 saturated heterocycles. The number of carbonyl (C=O) groups excluding carboxylic acids is 1. The van der Waals surface area contributed by atoms with Crippen LogP contribution in [0.4, 0.5) is 4.39 Å². The zero-order valence-corrected chi connectivity index (χ0v) is 17.1. The SMILES string of the molecule is Cc1oc2cc(OCC(=O)NCC(C)C)ccc2c(=O)c1-c1c(F)cccc1Cl. The number of amides is 1. The Kier molecular flexibility index (Phi) is 6.23. The average molecular weight is 418 g/mol. The first-order valence-corrected chi connectivity index (χ1v) is 9.57. The van der Waals surface area contributed by atoms with Gasteiger partial charge in [-0.1, -0.05) is 31.5 Å². The van der Waals surface area contributed by atoms with Gasteiger partial charge in [-0.25, -0.2) is 4.39 Å². The monoisotopic (exact) mass is 417 g/mol. The molecule has 0 aliphatic heterocycles. The molecule has 2 aromatic carbocycles. The van der Waals surface area contributed by atoms with Crippen molar-refractivity contribution in [1.29, 1.82) is 0 Å². The number of hydrogen-bond acceptors (Lipinski definition) is 4. The summed E-state index contributed by atoms with van der Waals surface area (Å²) in [7, 11) is 0. The fourth-order valence-electron chi connectivity index (χ4n) is 2.92. The fourth-order valence-corrected chi connectivity index (χ4v) is 3.18. The maximum Gasteiger partial charge on any atom is 0.257 e. The highest BCUT2D eigenvalue weighted by molar-refractivity contribution is 6.33. The summed E-state index contributed by atoms with van der Waals surface area (Å²) in [5.74, 6) is 0.132. The molecule has 29 heavy (non-hydrogen) atoms. The van der Waals surface area contributed by atoms with Crippen molar-refractivity contribution in [1.82, 2.24) is 5.32 Å². The molecule has 0 spiro atoms. The molecule has 5 nitrogen and oxygen atoms in total. The molecule has 0 aliphatic rings. The number of aryl methyl sites for hydroxylation is 1. The normalized spacial score (nSPS) is 11.1. The lowest BCUT2D eigenvalue weighted by Crippen LogP contribution is -2.31. The molecule has 0 bridgehead atoms. The lowest BCUT2D eigenvalue weighted by atomic mass is 10.0. The largest absolute Gasteiger partial charge is 0.484 e. The molecule has 0 fully saturated rings. The summed E-state index contributed by atoms with van der Waals surface area (Å²) in [6.07, 6.45) is 0. The second kappa shape index (κ2) is 8.66. The van der Waals surface area contributed by atoms with Gasteiger partial charge in [-0.05, 0) is 37.1 Å². The highest BCUT2D eigenvalue weighted by Gasteiger charge is 2.19. The third-order valence-corrected chi connectivity index (χ3v) is 4.65. The van der Waals surface area contributed by atoms with E-state index in [-0.39, 0.29) is 45.4 Å². The van der Waals surface area contributed by atoms with Gasteiger partial charge in [-0.3, -0.25) is 9.59 Å². The highest BCUT2D eigenvalue weighted by atomic mass is 35.5. The molecule has 1 heterocycles.